The SMILES string of the molecule is CCCc1nc(-c2cccc3ccccc23)oc1C(=O)O. The second-order valence-corrected chi connectivity index (χ2v) is 4.88. The maximum absolute atomic E-state index is 11.3. The number of aryl methyl sites for hydroxylation is 1. The molecule has 0 aliphatic rings. The third-order valence-corrected chi connectivity index (χ3v) is 3.40. The van der Waals surface area contributed by atoms with Crippen LogP contribution in [0.4, 0.5) is 0 Å². The van der Waals surface area contributed by atoms with Crippen molar-refractivity contribution in [3.8, 4) is 11.5 Å². The standard InChI is InChI=1S/C17H15NO3/c1-2-6-14-15(17(19)20)21-16(18-14)13-10-5-8-11-7-3-4-9-12(11)13/h3-5,7-10H,2,6H2,1H3,(H,19,20). The number of nitrogens with zero attached hydrogens (tertiary/aromatic N) is 1. The molecule has 0 aliphatic heterocycles. The fraction of sp³-hybridized carbons (Fsp3) is 0.176. The Morgan fingerprint density at radius 1 is 1.19 bits per heavy atom. The van der Waals surface area contributed by atoms with Crippen LogP contribution in [0.5, 0.6) is 0 Å². The fourth-order valence-corrected chi connectivity index (χ4v) is 2.45. The van der Waals surface area contributed by atoms with Crippen LogP contribution in [0.3, 0.4) is 0 Å². The smallest absolute Gasteiger partial charge is 0.373 e. The number of fused-ring (bicyclic) bond motifs is 1. The van der Waals surface area contributed by atoms with Crippen LogP contribution in [-0.4, -0.2) is 16.1 Å². The van der Waals surface area contributed by atoms with Gasteiger partial charge in [0.15, 0.2) is 0 Å². The molecule has 0 fully saturated rings. The third kappa shape index (κ3) is 2.40. The van der Waals surface area contributed by atoms with Crippen molar-refractivity contribution >= 4 is 16.7 Å². The molecule has 3 rings (SSSR count). The third-order valence-electron chi connectivity index (χ3n) is 3.40. The van der Waals surface area contributed by atoms with Crippen LogP contribution in [0.1, 0.15) is 29.6 Å². The predicted octanol–water partition coefficient (Wildman–Crippen LogP) is 4.15. The highest BCUT2D eigenvalue weighted by Gasteiger charge is 2.20. The lowest BCUT2D eigenvalue weighted by atomic mass is 10.0. The molecular weight excluding hydrogens is 266 g/mol. The van der Waals surface area contributed by atoms with E-state index in [4.69, 9.17) is 4.42 Å². The number of benzene rings is 2. The lowest BCUT2D eigenvalue weighted by molar-refractivity contribution is 0.0661. The van der Waals surface area contributed by atoms with Crippen LogP contribution in [0.15, 0.2) is 46.9 Å². The molecule has 3 aromatic rings. The Morgan fingerprint density at radius 2 is 1.95 bits per heavy atom. The lowest BCUT2D eigenvalue weighted by Gasteiger charge is -2.02. The van der Waals surface area contributed by atoms with Gasteiger partial charge in [0.05, 0.1) is 5.69 Å². The number of hydrogen-bond acceptors (Lipinski definition) is 3. The Labute approximate surface area is 122 Å². The molecule has 21 heavy (non-hydrogen) atoms. The number of carbonyl (C=O) groups is 1. The van der Waals surface area contributed by atoms with Gasteiger partial charge in [-0.15, -0.1) is 0 Å². The lowest BCUT2D eigenvalue weighted by Crippen LogP contribution is -1.99. The molecule has 0 radical (unpaired) electrons. The van der Waals surface area contributed by atoms with Crippen molar-refractivity contribution in [3.05, 3.63) is 53.9 Å². The maximum Gasteiger partial charge on any atom is 0.373 e. The molecule has 0 atom stereocenters. The largest absolute Gasteiger partial charge is 0.475 e. The summed E-state index contributed by atoms with van der Waals surface area (Å²) in [4.78, 5) is 15.7. The number of aromatic nitrogens is 1. The minimum absolute atomic E-state index is 0.0558. The van der Waals surface area contributed by atoms with Crippen molar-refractivity contribution in [2.75, 3.05) is 0 Å². The van der Waals surface area contributed by atoms with E-state index in [1.54, 1.807) is 0 Å². The highest BCUT2D eigenvalue weighted by molar-refractivity contribution is 5.95. The van der Waals surface area contributed by atoms with E-state index in [0.717, 1.165) is 22.8 Å². The van der Waals surface area contributed by atoms with E-state index in [1.165, 1.54) is 0 Å². The molecule has 0 aliphatic carbocycles. The number of hydrogen-bond donors (Lipinski definition) is 1. The van der Waals surface area contributed by atoms with Crippen molar-refractivity contribution < 1.29 is 14.3 Å². The highest BCUT2D eigenvalue weighted by Crippen LogP contribution is 2.29. The molecule has 1 aromatic heterocycles. The summed E-state index contributed by atoms with van der Waals surface area (Å²) in [5, 5.41) is 11.3. The van der Waals surface area contributed by atoms with Crippen LogP contribution < -0.4 is 0 Å². The minimum Gasteiger partial charge on any atom is -0.475 e. The number of carboxylic acids is 1. The second kappa shape index (κ2) is 5.40. The summed E-state index contributed by atoms with van der Waals surface area (Å²) in [6.45, 7) is 1.98. The van der Waals surface area contributed by atoms with E-state index in [1.807, 2.05) is 49.4 Å². The zero-order valence-corrected chi connectivity index (χ0v) is 11.7. The molecule has 0 amide bonds. The molecule has 0 saturated heterocycles. The predicted molar refractivity (Wildman–Crippen MR) is 80.4 cm³/mol. The van der Waals surface area contributed by atoms with Crippen molar-refractivity contribution in [2.24, 2.45) is 0 Å². The summed E-state index contributed by atoms with van der Waals surface area (Å²) in [6.07, 6.45) is 1.41. The summed E-state index contributed by atoms with van der Waals surface area (Å²) in [5.74, 6) is -0.759. The first-order valence-electron chi connectivity index (χ1n) is 6.92. The van der Waals surface area contributed by atoms with Gasteiger partial charge in [-0.2, -0.15) is 0 Å². The zero-order chi connectivity index (χ0) is 14.8. The van der Waals surface area contributed by atoms with Gasteiger partial charge in [-0.05, 0) is 23.3 Å². The van der Waals surface area contributed by atoms with Gasteiger partial charge in [-0.1, -0.05) is 49.7 Å². The van der Waals surface area contributed by atoms with E-state index >= 15 is 0 Å². The van der Waals surface area contributed by atoms with Crippen molar-refractivity contribution in [1.82, 2.24) is 4.98 Å². The van der Waals surface area contributed by atoms with Gasteiger partial charge in [0.1, 0.15) is 0 Å². The monoisotopic (exact) mass is 281 g/mol. The first-order chi connectivity index (χ1) is 10.2. The first-order valence-corrected chi connectivity index (χ1v) is 6.92. The van der Waals surface area contributed by atoms with E-state index < -0.39 is 5.97 Å². The van der Waals surface area contributed by atoms with Gasteiger partial charge in [-0.3, -0.25) is 0 Å². The summed E-state index contributed by atoms with van der Waals surface area (Å²) in [7, 11) is 0. The topological polar surface area (TPSA) is 63.3 Å². The molecule has 0 spiro atoms. The van der Waals surface area contributed by atoms with E-state index in [-0.39, 0.29) is 5.76 Å². The number of aromatic carboxylic acids is 1. The molecule has 106 valence electrons. The van der Waals surface area contributed by atoms with Gasteiger partial charge in [0.2, 0.25) is 11.7 Å². The second-order valence-electron chi connectivity index (χ2n) is 4.88. The number of carboxylic acid groups (broad SMARTS) is 1. The van der Waals surface area contributed by atoms with Crippen LogP contribution in [0, 0.1) is 0 Å². The van der Waals surface area contributed by atoms with Gasteiger partial charge >= 0.3 is 5.97 Å². The maximum atomic E-state index is 11.3. The average Bonchev–Trinajstić information content (AvgIpc) is 2.91. The van der Waals surface area contributed by atoms with Crippen molar-refractivity contribution in [2.45, 2.75) is 19.8 Å². The Balaban J connectivity index is 2.19. The summed E-state index contributed by atoms with van der Waals surface area (Å²) in [5.41, 5.74) is 1.32. The molecule has 0 unspecified atom stereocenters. The van der Waals surface area contributed by atoms with Gasteiger partial charge in [-0.25, -0.2) is 9.78 Å². The van der Waals surface area contributed by atoms with E-state index in [9.17, 15) is 9.90 Å². The minimum atomic E-state index is -1.07. The molecule has 1 N–H and O–H groups in total. The Morgan fingerprint density at radius 3 is 2.71 bits per heavy atom. The van der Waals surface area contributed by atoms with Crippen LogP contribution >= 0.6 is 0 Å². The average molecular weight is 281 g/mol. The molecule has 2 aromatic carbocycles. The zero-order valence-electron chi connectivity index (χ0n) is 11.7. The molecule has 0 saturated carbocycles. The van der Waals surface area contributed by atoms with Gasteiger partial charge in [0, 0.05) is 5.56 Å². The van der Waals surface area contributed by atoms with Crippen molar-refractivity contribution in [1.29, 1.82) is 0 Å². The fourth-order valence-electron chi connectivity index (χ4n) is 2.45. The summed E-state index contributed by atoms with van der Waals surface area (Å²) < 4.78 is 5.51. The Bertz CT molecular complexity index is 799. The van der Waals surface area contributed by atoms with Crippen LogP contribution in [-0.2, 0) is 6.42 Å². The van der Waals surface area contributed by atoms with E-state index in [2.05, 4.69) is 4.98 Å². The normalized spacial score (nSPS) is 10.9. The molecule has 1 heterocycles. The van der Waals surface area contributed by atoms with Gasteiger partial charge in [0.25, 0.3) is 0 Å². The molecule has 4 heteroatoms. The first kappa shape index (κ1) is 13.4. The number of rotatable bonds is 4. The summed E-state index contributed by atoms with van der Waals surface area (Å²) in [6, 6.07) is 13.7. The van der Waals surface area contributed by atoms with Gasteiger partial charge < -0.3 is 9.52 Å². The molecular formula is C17H15NO3. The van der Waals surface area contributed by atoms with Crippen LogP contribution in [0.2, 0.25) is 0 Å². The quantitative estimate of drug-likeness (QED) is 0.780. The van der Waals surface area contributed by atoms with E-state index in [0.29, 0.717) is 18.0 Å². The van der Waals surface area contributed by atoms with Crippen LogP contribution in [0.25, 0.3) is 22.2 Å². The summed E-state index contributed by atoms with van der Waals surface area (Å²) >= 11 is 0. The molecule has 0 bridgehead atoms. The van der Waals surface area contributed by atoms with Crippen molar-refractivity contribution in [3.63, 3.8) is 0 Å². The number of oxazole rings is 1. The highest BCUT2D eigenvalue weighted by atomic mass is 16.4. The molecule has 4 nitrogen and oxygen atoms in total. The Hall–Kier alpha value is -2.62. The Kier molecular flexibility index (Phi) is 3.44.